The summed E-state index contributed by atoms with van der Waals surface area (Å²) in [6.45, 7) is 13.0. The van der Waals surface area contributed by atoms with E-state index in [0.29, 0.717) is 0 Å². The third-order valence-electron chi connectivity index (χ3n) is 4.07. The van der Waals surface area contributed by atoms with E-state index in [1.807, 2.05) is 13.0 Å². The highest BCUT2D eigenvalue weighted by Crippen LogP contribution is 2.30. The third-order valence-corrected chi connectivity index (χ3v) is 4.37. The Hall–Kier alpha value is -0.770. The first-order chi connectivity index (χ1) is 9.29. The quantitative estimate of drug-likeness (QED) is 0.909. The second-order valence-electron chi connectivity index (χ2n) is 6.64. The van der Waals surface area contributed by atoms with Crippen LogP contribution in [-0.2, 0) is 0 Å². The van der Waals surface area contributed by atoms with Gasteiger partial charge < -0.3 is 10.6 Å². The van der Waals surface area contributed by atoms with Gasteiger partial charge in [0.2, 0.25) is 0 Å². The van der Waals surface area contributed by atoms with Crippen molar-refractivity contribution >= 4 is 17.3 Å². The summed E-state index contributed by atoms with van der Waals surface area (Å²) >= 11 is 6.42. The van der Waals surface area contributed by atoms with Crippen molar-refractivity contribution in [2.24, 2.45) is 5.73 Å². The summed E-state index contributed by atoms with van der Waals surface area (Å²) in [6, 6.07) is 6.22. The zero-order valence-corrected chi connectivity index (χ0v) is 13.7. The molecule has 1 saturated heterocycles. The van der Waals surface area contributed by atoms with Crippen LogP contribution < -0.4 is 10.6 Å². The van der Waals surface area contributed by atoms with Crippen molar-refractivity contribution in [3.8, 4) is 0 Å². The van der Waals surface area contributed by atoms with E-state index >= 15 is 0 Å². The molecule has 1 aliphatic rings. The van der Waals surface area contributed by atoms with Crippen molar-refractivity contribution in [3.05, 3.63) is 28.8 Å². The van der Waals surface area contributed by atoms with Gasteiger partial charge in [0.25, 0.3) is 0 Å². The average molecular weight is 296 g/mol. The molecule has 20 heavy (non-hydrogen) atoms. The Bertz CT molecular complexity index is 457. The Morgan fingerprint density at radius 1 is 1.15 bits per heavy atom. The number of benzene rings is 1. The van der Waals surface area contributed by atoms with E-state index < -0.39 is 0 Å². The average Bonchev–Trinajstić information content (AvgIpc) is 2.37. The summed E-state index contributed by atoms with van der Waals surface area (Å²) in [5.41, 5.74) is 8.36. The van der Waals surface area contributed by atoms with Gasteiger partial charge >= 0.3 is 0 Å². The van der Waals surface area contributed by atoms with Crippen molar-refractivity contribution in [1.29, 1.82) is 0 Å². The second-order valence-corrected chi connectivity index (χ2v) is 7.05. The van der Waals surface area contributed by atoms with E-state index in [1.54, 1.807) is 0 Å². The van der Waals surface area contributed by atoms with Crippen LogP contribution in [0.3, 0.4) is 0 Å². The van der Waals surface area contributed by atoms with Crippen molar-refractivity contribution in [2.75, 3.05) is 31.1 Å². The minimum Gasteiger partial charge on any atom is -0.368 e. The lowest BCUT2D eigenvalue weighted by atomic mass is 10.0. The summed E-state index contributed by atoms with van der Waals surface area (Å²) in [6.07, 6.45) is 0. The van der Waals surface area contributed by atoms with Gasteiger partial charge in [0, 0.05) is 37.8 Å². The Labute approximate surface area is 127 Å². The molecule has 1 fully saturated rings. The van der Waals surface area contributed by atoms with Crippen LogP contribution in [0.4, 0.5) is 5.69 Å². The number of halogens is 1. The third kappa shape index (κ3) is 3.46. The Morgan fingerprint density at radius 3 is 2.20 bits per heavy atom. The lowest BCUT2D eigenvalue weighted by Gasteiger charge is -2.43. The van der Waals surface area contributed by atoms with Gasteiger partial charge in [0.1, 0.15) is 0 Å². The molecule has 1 unspecified atom stereocenters. The standard InChI is InChI=1S/C16H26ClN3/c1-12(18)13-5-6-15(14(17)11-13)19-7-9-20(10-8-19)16(2,3)4/h5-6,11-12H,7-10,18H2,1-4H3. The number of hydrogen-bond acceptors (Lipinski definition) is 3. The van der Waals surface area contributed by atoms with E-state index in [4.69, 9.17) is 17.3 Å². The van der Waals surface area contributed by atoms with Crippen LogP contribution in [0, 0.1) is 0 Å². The zero-order chi connectivity index (χ0) is 14.9. The molecular formula is C16H26ClN3. The predicted molar refractivity (Wildman–Crippen MR) is 87.6 cm³/mol. The highest BCUT2D eigenvalue weighted by Gasteiger charge is 2.26. The molecule has 1 atom stereocenters. The Morgan fingerprint density at radius 2 is 1.75 bits per heavy atom. The molecule has 0 aromatic heterocycles. The topological polar surface area (TPSA) is 32.5 Å². The molecule has 1 heterocycles. The SMILES string of the molecule is CC(N)c1ccc(N2CCN(C(C)(C)C)CC2)c(Cl)c1. The monoisotopic (exact) mass is 295 g/mol. The van der Waals surface area contributed by atoms with Crippen LogP contribution >= 0.6 is 11.6 Å². The van der Waals surface area contributed by atoms with E-state index in [0.717, 1.165) is 42.5 Å². The lowest BCUT2D eigenvalue weighted by molar-refractivity contribution is 0.128. The normalized spacial score (nSPS) is 19.2. The van der Waals surface area contributed by atoms with Crippen LogP contribution in [-0.4, -0.2) is 36.6 Å². The van der Waals surface area contributed by atoms with Crippen LogP contribution in [0.2, 0.25) is 5.02 Å². The molecule has 0 aliphatic carbocycles. The van der Waals surface area contributed by atoms with Crippen molar-refractivity contribution in [2.45, 2.75) is 39.3 Å². The first-order valence-corrected chi connectivity index (χ1v) is 7.72. The summed E-state index contributed by atoms with van der Waals surface area (Å²) in [7, 11) is 0. The fourth-order valence-electron chi connectivity index (χ4n) is 2.68. The van der Waals surface area contributed by atoms with Gasteiger partial charge in [-0.25, -0.2) is 0 Å². The summed E-state index contributed by atoms with van der Waals surface area (Å²) in [5.74, 6) is 0. The fraction of sp³-hybridized carbons (Fsp3) is 0.625. The maximum Gasteiger partial charge on any atom is 0.0642 e. The molecule has 2 N–H and O–H groups in total. The van der Waals surface area contributed by atoms with Crippen molar-refractivity contribution < 1.29 is 0 Å². The minimum absolute atomic E-state index is 0.0271. The highest BCUT2D eigenvalue weighted by molar-refractivity contribution is 6.33. The van der Waals surface area contributed by atoms with E-state index in [1.165, 1.54) is 0 Å². The van der Waals surface area contributed by atoms with Gasteiger partial charge in [-0.05, 0) is 45.4 Å². The van der Waals surface area contributed by atoms with E-state index in [2.05, 4.69) is 42.7 Å². The van der Waals surface area contributed by atoms with Crippen LogP contribution in [0.25, 0.3) is 0 Å². The van der Waals surface area contributed by atoms with E-state index in [-0.39, 0.29) is 11.6 Å². The summed E-state index contributed by atoms with van der Waals surface area (Å²) in [5, 5.41) is 0.809. The molecule has 1 aliphatic heterocycles. The maximum atomic E-state index is 6.42. The smallest absolute Gasteiger partial charge is 0.0642 e. The number of nitrogens with two attached hydrogens (primary N) is 1. The van der Waals surface area contributed by atoms with Crippen molar-refractivity contribution in [3.63, 3.8) is 0 Å². The number of piperazine rings is 1. The van der Waals surface area contributed by atoms with Gasteiger partial charge in [0.05, 0.1) is 10.7 Å². The summed E-state index contributed by atoms with van der Waals surface area (Å²) in [4.78, 5) is 4.89. The Balaban J connectivity index is 2.07. The van der Waals surface area contributed by atoms with Crippen molar-refractivity contribution in [1.82, 2.24) is 4.90 Å². The first kappa shape index (κ1) is 15.6. The molecular weight excluding hydrogens is 270 g/mol. The number of nitrogens with zero attached hydrogens (tertiary/aromatic N) is 2. The predicted octanol–water partition coefficient (Wildman–Crippen LogP) is 3.28. The molecule has 112 valence electrons. The van der Waals surface area contributed by atoms with Gasteiger partial charge in [-0.3, -0.25) is 4.90 Å². The molecule has 3 nitrogen and oxygen atoms in total. The molecule has 1 aromatic carbocycles. The largest absolute Gasteiger partial charge is 0.368 e. The second kappa shape index (κ2) is 5.92. The minimum atomic E-state index is 0.0271. The number of hydrogen-bond donors (Lipinski definition) is 1. The number of anilines is 1. The van der Waals surface area contributed by atoms with E-state index in [9.17, 15) is 0 Å². The molecule has 0 amide bonds. The first-order valence-electron chi connectivity index (χ1n) is 7.34. The summed E-state index contributed by atoms with van der Waals surface area (Å²) < 4.78 is 0. The molecule has 0 bridgehead atoms. The lowest BCUT2D eigenvalue weighted by Crippen LogP contribution is -2.53. The van der Waals surface area contributed by atoms with Gasteiger partial charge in [-0.2, -0.15) is 0 Å². The fourth-order valence-corrected chi connectivity index (χ4v) is 2.99. The molecule has 0 saturated carbocycles. The zero-order valence-electron chi connectivity index (χ0n) is 13.0. The number of rotatable bonds is 2. The van der Waals surface area contributed by atoms with Gasteiger partial charge in [0.15, 0.2) is 0 Å². The van der Waals surface area contributed by atoms with Gasteiger partial charge in [-0.1, -0.05) is 17.7 Å². The molecule has 4 heteroatoms. The van der Waals surface area contributed by atoms with Crippen LogP contribution in [0.5, 0.6) is 0 Å². The molecule has 2 rings (SSSR count). The molecule has 0 spiro atoms. The molecule has 1 aromatic rings. The maximum absolute atomic E-state index is 6.42. The highest BCUT2D eigenvalue weighted by atomic mass is 35.5. The van der Waals surface area contributed by atoms with Crippen LogP contribution in [0.1, 0.15) is 39.3 Å². The van der Waals surface area contributed by atoms with Crippen LogP contribution in [0.15, 0.2) is 18.2 Å². The Kier molecular flexibility index (Phi) is 4.62. The molecule has 0 radical (unpaired) electrons. The van der Waals surface area contributed by atoms with Gasteiger partial charge in [-0.15, -0.1) is 0 Å².